The Balaban J connectivity index is 1.15. The van der Waals surface area contributed by atoms with E-state index in [4.69, 9.17) is 8.94 Å². The van der Waals surface area contributed by atoms with Gasteiger partial charge >= 0.3 is 5.88 Å². The summed E-state index contributed by atoms with van der Waals surface area (Å²) < 4.78 is 10.1. The second kappa shape index (κ2) is 10.4. The zero-order valence-electron chi connectivity index (χ0n) is 17.9. The summed E-state index contributed by atoms with van der Waals surface area (Å²) in [5.41, 5.74) is -0.241. The van der Waals surface area contributed by atoms with Crippen LogP contribution < -0.4 is 16.2 Å². The Kier molecular flexibility index (Phi) is 6.91. The highest BCUT2D eigenvalue weighted by atomic mass is 16.6. The lowest BCUT2D eigenvalue weighted by molar-refractivity contribution is -0.401. The number of nitrogens with one attached hydrogen (secondary N) is 3. The van der Waals surface area contributed by atoms with E-state index in [-0.39, 0.29) is 29.5 Å². The van der Waals surface area contributed by atoms with Gasteiger partial charge in [0.05, 0.1) is 11.5 Å². The standard InChI is InChI=1S/C21H21N7O6/c29-16(7-3-8-17-24-20(27-34-17)15-9-10-18(33-15)28(31)32)22-11-4-12-23-19-13-5-1-2-6-14(13)21(30)26-25-19/h1-2,5-6,9-10H,3-4,7-8,11-12H2,(H,22,29)(H,23,25)(H,26,30). The Hall–Kier alpha value is -4.55. The summed E-state index contributed by atoms with van der Waals surface area (Å²) in [4.78, 5) is 38.0. The molecule has 0 saturated carbocycles. The number of benzene rings is 1. The fourth-order valence-electron chi connectivity index (χ4n) is 3.26. The van der Waals surface area contributed by atoms with E-state index < -0.39 is 10.8 Å². The number of amides is 1. The number of aromatic nitrogens is 4. The molecule has 176 valence electrons. The maximum absolute atomic E-state index is 12.0. The molecule has 3 heterocycles. The molecule has 0 bridgehead atoms. The highest BCUT2D eigenvalue weighted by Crippen LogP contribution is 2.24. The lowest BCUT2D eigenvalue weighted by Crippen LogP contribution is -2.25. The van der Waals surface area contributed by atoms with Crippen molar-refractivity contribution < 1.29 is 18.7 Å². The van der Waals surface area contributed by atoms with Crippen molar-refractivity contribution in [1.29, 1.82) is 0 Å². The van der Waals surface area contributed by atoms with Crippen molar-refractivity contribution in [2.75, 3.05) is 18.4 Å². The van der Waals surface area contributed by atoms with Crippen LogP contribution in [-0.2, 0) is 11.2 Å². The third kappa shape index (κ3) is 5.43. The van der Waals surface area contributed by atoms with Crippen molar-refractivity contribution in [3.8, 4) is 11.6 Å². The van der Waals surface area contributed by atoms with Crippen LogP contribution in [0.2, 0.25) is 0 Å². The van der Waals surface area contributed by atoms with E-state index in [0.717, 1.165) is 5.39 Å². The molecule has 13 heteroatoms. The summed E-state index contributed by atoms with van der Waals surface area (Å²) in [6, 6.07) is 9.80. The van der Waals surface area contributed by atoms with Gasteiger partial charge in [-0.3, -0.25) is 19.7 Å². The number of carbonyl (C=O) groups excluding carboxylic acids is 1. The monoisotopic (exact) mass is 467 g/mol. The Labute approximate surface area is 191 Å². The summed E-state index contributed by atoms with van der Waals surface area (Å²) in [6.07, 6.45) is 1.83. The number of fused-ring (bicyclic) bond motifs is 1. The van der Waals surface area contributed by atoms with Crippen molar-refractivity contribution in [3.05, 3.63) is 62.8 Å². The summed E-state index contributed by atoms with van der Waals surface area (Å²) in [5, 5.41) is 28.3. The van der Waals surface area contributed by atoms with Crippen molar-refractivity contribution >= 4 is 28.4 Å². The molecule has 0 atom stereocenters. The van der Waals surface area contributed by atoms with Crippen LogP contribution in [0.25, 0.3) is 22.4 Å². The number of H-pyrrole nitrogens is 1. The van der Waals surface area contributed by atoms with Gasteiger partial charge in [0.2, 0.25) is 17.6 Å². The molecular weight excluding hydrogens is 446 g/mol. The number of aromatic amines is 1. The summed E-state index contributed by atoms with van der Waals surface area (Å²) in [5.74, 6) is 0.643. The first-order valence-electron chi connectivity index (χ1n) is 10.6. The zero-order valence-corrected chi connectivity index (χ0v) is 17.9. The topological polar surface area (TPSA) is 182 Å². The lowest BCUT2D eigenvalue weighted by Gasteiger charge is -2.08. The van der Waals surface area contributed by atoms with E-state index in [2.05, 4.69) is 31.0 Å². The van der Waals surface area contributed by atoms with Gasteiger partial charge in [0.15, 0.2) is 11.6 Å². The normalized spacial score (nSPS) is 10.9. The second-order valence-electron chi connectivity index (χ2n) is 7.34. The molecule has 0 fully saturated rings. The van der Waals surface area contributed by atoms with E-state index >= 15 is 0 Å². The maximum Gasteiger partial charge on any atom is 0.433 e. The minimum Gasteiger partial charge on any atom is -0.397 e. The fourth-order valence-corrected chi connectivity index (χ4v) is 3.26. The van der Waals surface area contributed by atoms with Crippen molar-refractivity contribution in [2.45, 2.75) is 25.7 Å². The van der Waals surface area contributed by atoms with Crippen molar-refractivity contribution in [1.82, 2.24) is 25.7 Å². The van der Waals surface area contributed by atoms with E-state index in [0.29, 0.717) is 49.4 Å². The van der Waals surface area contributed by atoms with Crippen LogP contribution in [0.5, 0.6) is 0 Å². The van der Waals surface area contributed by atoms with Crippen LogP contribution in [0.4, 0.5) is 11.7 Å². The molecule has 0 aliphatic heterocycles. The number of anilines is 1. The second-order valence-corrected chi connectivity index (χ2v) is 7.34. The van der Waals surface area contributed by atoms with Gasteiger partial charge in [0.25, 0.3) is 5.56 Å². The molecule has 0 unspecified atom stereocenters. The van der Waals surface area contributed by atoms with Gasteiger partial charge in [0, 0.05) is 31.3 Å². The Bertz CT molecular complexity index is 1360. The molecule has 0 aliphatic rings. The van der Waals surface area contributed by atoms with Gasteiger partial charge in [-0.2, -0.15) is 10.1 Å². The third-order valence-electron chi connectivity index (χ3n) is 4.92. The van der Waals surface area contributed by atoms with Crippen LogP contribution in [-0.4, -0.2) is 44.3 Å². The maximum atomic E-state index is 12.0. The summed E-state index contributed by atoms with van der Waals surface area (Å²) in [7, 11) is 0. The third-order valence-corrected chi connectivity index (χ3v) is 4.92. The molecule has 0 spiro atoms. The molecule has 13 nitrogen and oxygen atoms in total. The van der Waals surface area contributed by atoms with Crippen LogP contribution in [0.1, 0.15) is 25.2 Å². The SMILES string of the molecule is O=C(CCCc1nc(-c2ccc([N+](=O)[O-])o2)no1)NCCCNc1n[nH]c(=O)c2ccccc12. The smallest absolute Gasteiger partial charge is 0.397 e. The van der Waals surface area contributed by atoms with E-state index in [9.17, 15) is 19.7 Å². The molecule has 34 heavy (non-hydrogen) atoms. The van der Waals surface area contributed by atoms with Gasteiger partial charge < -0.3 is 19.6 Å². The molecule has 3 aromatic heterocycles. The summed E-state index contributed by atoms with van der Waals surface area (Å²) >= 11 is 0. The number of furan rings is 1. The van der Waals surface area contributed by atoms with Crippen LogP contribution >= 0.6 is 0 Å². The first-order chi connectivity index (χ1) is 16.5. The molecule has 1 aromatic carbocycles. The van der Waals surface area contributed by atoms with Crippen LogP contribution in [0.3, 0.4) is 0 Å². The Morgan fingerprint density at radius 2 is 1.94 bits per heavy atom. The number of aryl methyl sites for hydroxylation is 1. The quantitative estimate of drug-likeness (QED) is 0.168. The summed E-state index contributed by atoms with van der Waals surface area (Å²) in [6.45, 7) is 1.05. The number of nitrogens with zero attached hydrogens (tertiary/aromatic N) is 4. The van der Waals surface area contributed by atoms with Gasteiger partial charge in [-0.15, -0.1) is 0 Å². The number of carbonyl (C=O) groups is 1. The first-order valence-corrected chi connectivity index (χ1v) is 10.6. The van der Waals surface area contributed by atoms with Crippen LogP contribution in [0.15, 0.2) is 50.1 Å². The molecule has 4 rings (SSSR count). The highest BCUT2D eigenvalue weighted by Gasteiger charge is 2.17. The van der Waals surface area contributed by atoms with E-state index in [1.807, 2.05) is 12.1 Å². The fraction of sp³-hybridized carbons (Fsp3) is 0.286. The minimum atomic E-state index is -0.651. The largest absolute Gasteiger partial charge is 0.433 e. The van der Waals surface area contributed by atoms with Crippen molar-refractivity contribution in [3.63, 3.8) is 0 Å². The zero-order chi connectivity index (χ0) is 23.9. The van der Waals surface area contributed by atoms with Gasteiger partial charge in [-0.1, -0.05) is 23.4 Å². The van der Waals surface area contributed by atoms with Gasteiger partial charge in [-0.25, -0.2) is 5.10 Å². The molecular formula is C21H21N7O6. The average Bonchev–Trinajstić information content (AvgIpc) is 3.50. The number of hydrogen-bond donors (Lipinski definition) is 3. The van der Waals surface area contributed by atoms with E-state index in [1.165, 1.54) is 12.1 Å². The lowest BCUT2D eigenvalue weighted by atomic mass is 10.2. The first kappa shape index (κ1) is 22.6. The van der Waals surface area contributed by atoms with E-state index in [1.54, 1.807) is 12.1 Å². The molecule has 3 N–H and O–H groups in total. The predicted octanol–water partition coefficient (Wildman–Crippen LogP) is 2.42. The molecule has 1 amide bonds. The molecule has 0 aliphatic carbocycles. The minimum absolute atomic E-state index is 0.103. The van der Waals surface area contributed by atoms with Crippen LogP contribution in [0, 0.1) is 10.1 Å². The van der Waals surface area contributed by atoms with Gasteiger partial charge in [0.1, 0.15) is 4.92 Å². The predicted molar refractivity (Wildman–Crippen MR) is 120 cm³/mol. The average molecular weight is 467 g/mol. The molecule has 0 saturated heterocycles. The number of hydrogen-bond acceptors (Lipinski definition) is 10. The molecule has 0 radical (unpaired) electrons. The number of rotatable bonds is 11. The van der Waals surface area contributed by atoms with Crippen molar-refractivity contribution in [2.24, 2.45) is 0 Å². The number of nitro groups is 1. The van der Waals surface area contributed by atoms with Gasteiger partial charge in [-0.05, 0) is 25.0 Å². The Morgan fingerprint density at radius 1 is 1.12 bits per heavy atom. The molecule has 4 aromatic rings. The highest BCUT2D eigenvalue weighted by molar-refractivity contribution is 5.90. The Morgan fingerprint density at radius 3 is 2.74 bits per heavy atom.